The Labute approximate surface area is 117 Å². The third-order valence-electron chi connectivity index (χ3n) is 3.20. The van der Waals surface area contributed by atoms with Crippen LogP contribution in [-0.4, -0.2) is 6.61 Å². The van der Waals surface area contributed by atoms with Crippen molar-refractivity contribution in [3.63, 3.8) is 0 Å². The molecule has 0 saturated heterocycles. The zero-order valence-electron chi connectivity index (χ0n) is 11.9. The number of benzene rings is 1. The van der Waals surface area contributed by atoms with Crippen molar-refractivity contribution in [2.24, 2.45) is 0 Å². The molecule has 0 bridgehead atoms. The summed E-state index contributed by atoms with van der Waals surface area (Å²) >= 11 is 0. The normalized spacial score (nSPS) is 10.3. The summed E-state index contributed by atoms with van der Waals surface area (Å²) in [7, 11) is 0. The summed E-state index contributed by atoms with van der Waals surface area (Å²) in [5, 5.41) is 0. The van der Waals surface area contributed by atoms with Gasteiger partial charge in [-0.3, -0.25) is 0 Å². The minimum absolute atomic E-state index is 0.781. The third-order valence-corrected chi connectivity index (χ3v) is 3.20. The lowest BCUT2D eigenvalue weighted by atomic mass is 10.1. The van der Waals surface area contributed by atoms with E-state index in [4.69, 9.17) is 10.5 Å². The van der Waals surface area contributed by atoms with Crippen LogP contribution in [0.3, 0.4) is 0 Å². The van der Waals surface area contributed by atoms with Crippen LogP contribution in [0.4, 0.5) is 5.69 Å². The van der Waals surface area contributed by atoms with Gasteiger partial charge < -0.3 is 10.5 Å². The van der Waals surface area contributed by atoms with Crippen LogP contribution in [0, 0.1) is 0 Å². The fourth-order valence-electron chi connectivity index (χ4n) is 2.03. The van der Waals surface area contributed by atoms with E-state index in [0.29, 0.717) is 0 Å². The summed E-state index contributed by atoms with van der Waals surface area (Å²) in [6, 6.07) is 7.60. The molecule has 0 spiro atoms. The second-order valence-corrected chi connectivity index (χ2v) is 4.97. The maximum atomic E-state index is 5.65. The van der Waals surface area contributed by atoms with Gasteiger partial charge in [-0.15, -0.1) is 6.58 Å². The van der Waals surface area contributed by atoms with Gasteiger partial charge in [-0.05, 0) is 43.5 Å². The zero-order chi connectivity index (χ0) is 13.8. The molecule has 0 aliphatic carbocycles. The quantitative estimate of drug-likeness (QED) is 0.347. The Morgan fingerprint density at radius 2 is 1.47 bits per heavy atom. The highest BCUT2D eigenvalue weighted by Gasteiger charge is 1.94. The Bertz CT molecular complexity index is 332. The monoisotopic (exact) mass is 261 g/mol. The second kappa shape index (κ2) is 10.5. The number of nitrogen functional groups attached to an aromatic ring is 1. The highest BCUT2D eigenvalue weighted by atomic mass is 16.5. The highest BCUT2D eigenvalue weighted by Crippen LogP contribution is 2.14. The minimum atomic E-state index is 0.781. The van der Waals surface area contributed by atoms with Crippen molar-refractivity contribution < 1.29 is 4.74 Å². The molecule has 2 heteroatoms. The Kier molecular flexibility index (Phi) is 8.61. The molecule has 0 aliphatic rings. The number of nitrogens with two attached hydrogens (primary N) is 1. The average Bonchev–Trinajstić information content (AvgIpc) is 2.43. The van der Waals surface area contributed by atoms with E-state index in [1.807, 2.05) is 30.3 Å². The van der Waals surface area contributed by atoms with Crippen LogP contribution in [-0.2, 0) is 0 Å². The molecule has 2 N–H and O–H groups in total. The predicted octanol–water partition coefficient (Wildman–Crippen LogP) is 4.95. The summed E-state index contributed by atoms with van der Waals surface area (Å²) in [6.07, 6.45) is 12.2. The Morgan fingerprint density at radius 3 is 2.11 bits per heavy atom. The fraction of sp³-hybridized carbons (Fsp3) is 0.529. The van der Waals surface area contributed by atoms with Gasteiger partial charge in [0.1, 0.15) is 5.75 Å². The molecular formula is C17H27NO. The Hall–Kier alpha value is -1.44. The molecular weight excluding hydrogens is 234 g/mol. The third kappa shape index (κ3) is 8.30. The zero-order valence-corrected chi connectivity index (χ0v) is 11.9. The molecule has 0 saturated carbocycles. The van der Waals surface area contributed by atoms with Crippen molar-refractivity contribution in [2.75, 3.05) is 12.3 Å². The van der Waals surface area contributed by atoms with E-state index in [0.717, 1.165) is 30.9 Å². The number of ether oxygens (including phenoxy) is 1. The summed E-state index contributed by atoms with van der Waals surface area (Å²) in [5.41, 5.74) is 6.40. The fourth-order valence-corrected chi connectivity index (χ4v) is 2.03. The number of anilines is 1. The van der Waals surface area contributed by atoms with Gasteiger partial charge in [-0.1, -0.05) is 38.2 Å². The second-order valence-electron chi connectivity index (χ2n) is 4.97. The molecule has 106 valence electrons. The molecule has 1 aromatic carbocycles. The SMILES string of the molecule is C=CCCCCCCCCCOc1ccc(N)cc1. The molecule has 1 rings (SSSR count). The van der Waals surface area contributed by atoms with Gasteiger partial charge in [0.25, 0.3) is 0 Å². The van der Waals surface area contributed by atoms with E-state index in [1.165, 1.54) is 38.5 Å². The first-order chi connectivity index (χ1) is 9.33. The summed E-state index contributed by atoms with van der Waals surface area (Å²) in [5.74, 6) is 0.915. The van der Waals surface area contributed by atoms with Crippen LogP contribution in [0.5, 0.6) is 5.75 Å². The van der Waals surface area contributed by atoms with E-state index in [9.17, 15) is 0 Å². The van der Waals surface area contributed by atoms with Crippen LogP contribution in [0.15, 0.2) is 36.9 Å². The number of allylic oxidation sites excluding steroid dienone is 1. The molecule has 0 atom stereocenters. The van der Waals surface area contributed by atoms with Crippen molar-refractivity contribution in [3.8, 4) is 5.75 Å². The van der Waals surface area contributed by atoms with E-state index < -0.39 is 0 Å². The molecule has 0 fully saturated rings. The molecule has 1 aromatic rings. The lowest BCUT2D eigenvalue weighted by molar-refractivity contribution is 0.304. The van der Waals surface area contributed by atoms with Crippen LogP contribution in [0.25, 0.3) is 0 Å². The van der Waals surface area contributed by atoms with E-state index >= 15 is 0 Å². The lowest BCUT2D eigenvalue weighted by Crippen LogP contribution is -1.97. The molecule has 0 aliphatic heterocycles. The van der Waals surface area contributed by atoms with Crippen LogP contribution in [0.2, 0.25) is 0 Å². The van der Waals surface area contributed by atoms with Crippen molar-refractivity contribution in [3.05, 3.63) is 36.9 Å². The van der Waals surface area contributed by atoms with Gasteiger partial charge in [0.05, 0.1) is 6.61 Å². The van der Waals surface area contributed by atoms with E-state index in [2.05, 4.69) is 6.58 Å². The van der Waals surface area contributed by atoms with Crippen molar-refractivity contribution >= 4 is 5.69 Å². The first-order valence-electron chi connectivity index (χ1n) is 7.42. The van der Waals surface area contributed by atoms with Gasteiger partial charge >= 0.3 is 0 Å². The number of unbranched alkanes of at least 4 members (excludes halogenated alkanes) is 7. The summed E-state index contributed by atoms with van der Waals surface area (Å²) < 4.78 is 5.65. The minimum Gasteiger partial charge on any atom is -0.494 e. The van der Waals surface area contributed by atoms with Crippen molar-refractivity contribution in [2.45, 2.75) is 51.4 Å². The van der Waals surface area contributed by atoms with Crippen molar-refractivity contribution in [1.29, 1.82) is 0 Å². The molecule has 0 amide bonds. The summed E-state index contributed by atoms with van der Waals surface area (Å²) in [4.78, 5) is 0. The highest BCUT2D eigenvalue weighted by molar-refractivity contribution is 5.41. The topological polar surface area (TPSA) is 35.2 Å². The Morgan fingerprint density at radius 1 is 0.895 bits per heavy atom. The largest absolute Gasteiger partial charge is 0.494 e. The van der Waals surface area contributed by atoms with Gasteiger partial charge in [0.2, 0.25) is 0 Å². The van der Waals surface area contributed by atoms with E-state index in [1.54, 1.807) is 0 Å². The molecule has 0 radical (unpaired) electrons. The lowest BCUT2D eigenvalue weighted by Gasteiger charge is -2.06. The molecule has 0 aromatic heterocycles. The summed E-state index contributed by atoms with van der Waals surface area (Å²) in [6.45, 7) is 4.54. The van der Waals surface area contributed by atoms with Crippen molar-refractivity contribution in [1.82, 2.24) is 0 Å². The van der Waals surface area contributed by atoms with Gasteiger partial charge in [0, 0.05) is 5.69 Å². The molecule has 0 unspecified atom stereocenters. The average molecular weight is 261 g/mol. The first kappa shape index (κ1) is 15.6. The van der Waals surface area contributed by atoms with Crippen LogP contribution in [0.1, 0.15) is 51.4 Å². The maximum Gasteiger partial charge on any atom is 0.119 e. The standard InChI is InChI=1S/C17H27NO/c1-2-3-4-5-6-7-8-9-10-15-19-17-13-11-16(18)12-14-17/h2,11-14H,1,3-10,15,18H2. The van der Waals surface area contributed by atoms with Gasteiger partial charge in [-0.2, -0.15) is 0 Å². The smallest absolute Gasteiger partial charge is 0.119 e. The van der Waals surface area contributed by atoms with Crippen LogP contribution < -0.4 is 10.5 Å². The number of rotatable bonds is 11. The molecule has 2 nitrogen and oxygen atoms in total. The molecule has 0 heterocycles. The Balaban J connectivity index is 1.88. The van der Waals surface area contributed by atoms with Crippen LogP contribution >= 0.6 is 0 Å². The maximum absolute atomic E-state index is 5.65. The van der Waals surface area contributed by atoms with E-state index in [-0.39, 0.29) is 0 Å². The number of hydrogen-bond acceptors (Lipinski definition) is 2. The predicted molar refractivity (Wildman–Crippen MR) is 83.5 cm³/mol. The first-order valence-corrected chi connectivity index (χ1v) is 7.42. The van der Waals surface area contributed by atoms with Gasteiger partial charge in [-0.25, -0.2) is 0 Å². The number of hydrogen-bond donors (Lipinski definition) is 1. The van der Waals surface area contributed by atoms with Gasteiger partial charge in [0.15, 0.2) is 0 Å². The molecule has 19 heavy (non-hydrogen) atoms.